The topological polar surface area (TPSA) is 58.8 Å². The lowest BCUT2D eigenvalue weighted by molar-refractivity contribution is -0.152. The van der Waals surface area contributed by atoms with Gasteiger partial charge in [-0.3, -0.25) is 4.79 Å². The van der Waals surface area contributed by atoms with E-state index in [4.69, 9.17) is 21.0 Å². The Balaban J connectivity index is 1.49. The molecule has 148 valence electrons. The molecule has 0 aromatic heterocycles. The number of aliphatic hydroxyl groups excluding tert-OH is 1. The van der Waals surface area contributed by atoms with Crippen LogP contribution in [0.15, 0.2) is 60.4 Å². The molecule has 29 heavy (non-hydrogen) atoms. The van der Waals surface area contributed by atoms with Gasteiger partial charge >= 0.3 is 0 Å². The molecular formula is C24H23NO4. The summed E-state index contributed by atoms with van der Waals surface area (Å²) < 4.78 is 11.9. The zero-order chi connectivity index (χ0) is 20.2. The summed E-state index contributed by atoms with van der Waals surface area (Å²) in [6, 6.07) is 15.4. The van der Waals surface area contributed by atoms with E-state index in [1.165, 1.54) is 0 Å². The Morgan fingerprint density at radius 2 is 1.83 bits per heavy atom. The Morgan fingerprint density at radius 1 is 1.14 bits per heavy atom. The number of rotatable bonds is 6. The van der Waals surface area contributed by atoms with Gasteiger partial charge in [0.2, 0.25) is 6.29 Å². The SMILES string of the molecule is C#Cc1ccc([C@H]2C=C(C(=O)N3CC3)O[C@@H](OCc3ccc(CO)cc3)C2)cc1. The van der Waals surface area contributed by atoms with Crippen LogP contribution in [0.4, 0.5) is 0 Å². The number of benzene rings is 2. The first kappa shape index (κ1) is 19.3. The molecule has 2 aliphatic rings. The van der Waals surface area contributed by atoms with Gasteiger partial charge in [0.1, 0.15) is 0 Å². The second-order valence-corrected chi connectivity index (χ2v) is 7.26. The third kappa shape index (κ3) is 4.68. The van der Waals surface area contributed by atoms with Crippen LogP contribution in [0, 0.1) is 12.3 Å². The van der Waals surface area contributed by atoms with Crippen LogP contribution in [0.3, 0.4) is 0 Å². The summed E-state index contributed by atoms with van der Waals surface area (Å²) in [6.45, 7) is 1.91. The fraction of sp³-hybridized carbons (Fsp3) is 0.292. The zero-order valence-electron chi connectivity index (χ0n) is 16.1. The molecule has 5 heteroatoms. The number of nitrogens with zero attached hydrogens (tertiary/aromatic N) is 1. The number of terminal acetylenes is 1. The summed E-state index contributed by atoms with van der Waals surface area (Å²) >= 11 is 0. The lowest BCUT2D eigenvalue weighted by atomic mass is 9.92. The molecular weight excluding hydrogens is 366 g/mol. The smallest absolute Gasteiger partial charge is 0.288 e. The Bertz CT molecular complexity index is 936. The second-order valence-electron chi connectivity index (χ2n) is 7.26. The molecule has 2 aromatic rings. The van der Waals surface area contributed by atoms with Gasteiger partial charge in [0.15, 0.2) is 5.76 Å². The van der Waals surface area contributed by atoms with Gasteiger partial charge in [-0.05, 0) is 34.9 Å². The van der Waals surface area contributed by atoms with E-state index in [0.29, 0.717) is 18.8 Å². The van der Waals surface area contributed by atoms with Crippen molar-refractivity contribution >= 4 is 5.91 Å². The van der Waals surface area contributed by atoms with Crippen LogP contribution >= 0.6 is 0 Å². The van der Waals surface area contributed by atoms with Crippen molar-refractivity contribution in [3.63, 3.8) is 0 Å². The van der Waals surface area contributed by atoms with Gasteiger partial charge in [-0.25, -0.2) is 0 Å². The standard InChI is InChI=1S/C24H23NO4/c1-2-17-7-9-20(10-8-17)21-13-22(24(27)25-11-12-25)29-23(14-21)28-16-19-5-3-18(15-26)4-6-19/h1,3-10,13,21,23,26H,11-12,14-16H2/t21-,23+/m0/s1. The number of hydrogen-bond acceptors (Lipinski definition) is 4. The monoisotopic (exact) mass is 389 g/mol. The predicted molar refractivity (Wildman–Crippen MR) is 108 cm³/mol. The van der Waals surface area contributed by atoms with Gasteiger partial charge in [-0.1, -0.05) is 42.3 Å². The number of amides is 1. The van der Waals surface area contributed by atoms with Crippen LogP contribution in [-0.4, -0.2) is 35.3 Å². The molecule has 1 N–H and O–H groups in total. The number of aliphatic hydroxyl groups is 1. The van der Waals surface area contributed by atoms with Crippen LogP contribution in [0.5, 0.6) is 0 Å². The fourth-order valence-electron chi connectivity index (χ4n) is 3.31. The number of hydrogen-bond donors (Lipinski definition) is 1. The summed E-state index contributed by atoms with van der Waals surface area (Å²) in [7, 11) is 0. The number of carbonyl (C=O) groups is 1. The van der Waals surface area contributed by atoms with Crippen molar-refractivity contribution in [1.82, 2.24) is 4.90 Å². The largest absolute Gasteiger partial charge is 0.459 e. The average molecular weight is 389 g/mol. The normalized spacial score (nSPS) is 20.4. The molecule has 1 fully saturated rings. The minimum atomic E-state index is -0.520. The highest BCUT2D eigenvalue weighted by molar-refractivity contribution is 5.93. The molecule has 5 nitrogen and oxygen atoms in total. The lowest BCUT2D eigenvalue weighted by Gasteiger charge is -2.29. The Hall–Kier alpha value is -3.07. The Morgan fingerprint density at radius 3 is 2.45 bits per heavy atom. The maximum Gasteiger partial charge on any atom is 0.288 e. The van der Waals surface area contributed by atoms with Gasteiger partial charge in [0, 0.05) is 31.0 Å². The molecule has 4 rings (SSSR count). The van der Waals surface area contributed by atoms with E-state index < -0.39 is 6.29 Å². The minimum Gasteiger partial charge on any atom is -0.459 e. The van der Waals surface area contributed by atoms with Crippen molar-refractivity contribution < 1.29 is 19.4 Å². The summed E-state index contributed by atoms with van der Waals surface area (Å²) in [5, 5.41) is 9.16. The van der Waals surface area contributed by atoms with E-state index >= 15 is 0 Å². The summed E-state index contributed by atoms with van der Waals surface area (Å²) in [5.41, 5.74) is 3.73. The molecule has 1 saturated heterocycles. The van der Waals surface area contributed by atoms with E-state index in [-0.39, 0.29) is 18.4 Å². The maximum atomic E-state index is 12.6. The number of carbonyl (C=O) groups excluding carboxylic acids is 1. The van der Waals surface area contributed by atoms with E-state index in [1.807, 2.05) is 54.6 Å². The van der Waals surface area contributed by atoms with Crippen molar-refractivity contribution in [3.05, 3.63) is 82.6 Å². The number of ether oxygens (including phenoxy) is 2. The average Bonchev–Trinajstić information content (AvgIpc) is 3.63. The maximum absolute atomic E-state index is 12.6. The third-order valence-corrected chi connectivity index (χ3v) is 5.15. The molecule has 0 unspecified atom stereocenters. The second kappa shape index (κ2) is 8.52. The van der Waals surface area contributed by atoms with Crippen LogP contribution in [-0.2, 0) is 27.5 Å². The molecule has 0 saturated carbocycles. The summed E-state index contributed by atoms with van der Waals surface area (Å²) in [5.74, 6) is 2.89. The van der Waals surface area contributed by atoms with E-state index in [1.54, 1.807) is 4.90 Å². The highest BCUT2D eigenvalue weighted by Crippen LogP contribution is 2.33. The highest BCUT2D eigenvalue weighted by Gasteiger charge is 2.34. The highest BCUT2D eigenvalue weighted by atomic mass is 16.7. The fourth-order valence-corrected chi connectivity index (χ4v) is 3.31. The van der Waals surface area contributed by atoms with Crippen molar-refractivity contribution in [3.8, 4) is 12.3 Å². The third-order valence-electron chi connectivity index (χ3n) is 5.15. The van der Waals surface area contributed by atoms with E-state index in [9.17, 15) is 4.79 Å². The first-order valence-corrected chi connectivity index (χ1v) is 9.71. The summed E-state index contributed by atoms with van der Waals surface area (Å²) in [6.07, 6.45) is 7.43. The first-order valence-electron chi connectivity index (χ1n) is 9.71. The molecule has 2 heterocycles. The minimum absolute atomic E-state index is 0.0104. The number of allylic oxidation sites excluding steroid dienone is 1. The molecule has 0 aliphatic carbocycles. The Labute approximate surface area is 170 Å². The molecule has 1 amide bonds. The van der Waals surface area contributed by atoms with Gasteiger partial charge in [0.25, 0.3) is 5.91 Å². The Kier molecular flexibility index (Phi) is 5.66. The molecule has 2 atom stereocenters. The molecule has 0 radical (unpaired) electrons. The van der Waals surface area contributed by atoms with Crippen molar-refractivity contribution in [2.24, 2.45) is 0 Å². The van der Waals surface area contributed by atoms with E-state index in [2.05, 4.69) is 5.92 Å². The van der Waals surface area contributed by atoms with Crippen molar-refractivity contribution in [1.29, 1.82) is 0 Å². The summed E-state index contributed by atoms with van der Waals surface area (Å²) in [4.78, 5) is 14.3. The van der Waals surface area contributed by atoms with Crippen molar-refractivity contribution in [2.75, 3.05) is 13.1 Å². The molecule has 0 bridgehead atoms. The molecule has 2 aromatic carbocycles. The van der Waals surface area contributed by atoms with Gasteiger partial charge < -0.3 is 19.5 Å². The first-order chi connectivity index (χ1) is 14.2. The molecule has 0 spiro atoms. The molecule has 2 aliphatic heterocycles. The van der Waals surface area contributed by atoms with E-state index in [0.717, 1.165) is 35.3 Å². The quantitative estimate of drug-likeness (QED) is 0.610. The van der Waals surface area contributed by atoms with Crippen molar-refractivity contribution in [2.45, 2.75) is 31.8 Å². The van der Waals surface area contributed by atoms with Crippen LogP contribution in [0.1, 0.15) is 34.6 Å². The lowest BCUT2D eigenvalue weighted by Crippen LogP contribution is -2.29. The van der Waals surface area contributed by atoms with Gasteiger partial charge in [-0.2, -0.15) is 0 Å². The van der Waals surface area contributed by atoms with Gasteiger partial charge in [-0.15, -0.1) is 6.42 Å². The van der Waals surface area contributed by atoms with Crippen LogP contribution in [0.2, 0.25) is 0 Å². The van der Waals surface area contributed by atoms with Crippen LogP contribution in [0.25, 0.3) is 0 Å². The zero-order valence-corrected chi connectivity index (χ0v) is 16.1. The predicted octanol–water partition coefficient (Wildman–Crippen LogP) is 2.93. The van der Waals surface area contributed by atoms with Crippen LogP contribution < -0.4 is 0 Å². The van der Waals surface area contributed by atoms with Gasteiger partial charge in [0.05, 0.1) is 13.2 Å².